The summed E-state index contributed by atoms with van der Waals surface area (Å²) < 4.78 is 5.42. The van der Waals surface area contributed by atoms with Gasteiger partial charge in [0.25, 0.3) is 17.7 Å². The quantitative estimate of drug-likeness (QED) is 0.400. The maximum absolute atomic E-state index is 13.0. The van der Waals surface area contributed by atoms with Crippen LogP contribution in [0.15, 0.2) is 77.4 Å². The van der Waals surface area contributed by atoms with Crippen molar-refractivity contribution in [3.63, 3.8) is 0 Å². The summed E-state index contributed by atoms with van der Waals surface area (Å²) in [6, 6.07) is 18.5. The molecule has 2 aromatic heterocycles. The second-order valence-electron chi connectivity index (χ2n) is 8.74. The van der Waals surface area contributed by atoms with Crippen molar-refractivity contribution in [1.29, 1.82) is 0 Å². The number of rotatable bonds is 4. The number of aromatic nitrogens is 1. The third kappa shape index (κ3) is 5.12. The molecule has 0 aliphatic rings. The fraction of sp³-hybridized carbons (Fsp3) is 0.154. The number of hydrogen-bond donors (Lipinski definition) is 3. The van der Waals surface area contributed by atoms with Gasteiger partial charge in [0.2, 0.25) is 0 Å². The largest absolute Gasteiger partial charge is 0.463 e. The van der Waals surface area contributed by atoms with Gasteiger partial charge in [-0.1, -0.05) is 18.2 Å². The van der Waals surface area contributed by atoms with Gasteiger partial charge in [-0.15, -0.1) is 0 Å². The van der Waals surface area contributed by atoms with Gasteiger partial charge in [0.05, 0.1) is 17.3 Å². The first-order valence-electron chi connectivity index (χ1n) is 10.7. The van der Waals surface area contributed by atoms with E-state index in [1.165, 1.54) is 18.4 Å². The molecule has 0 aliphatic carbocycles. The molecule has 0 aliphatic heterocycles. The molecule has 2 heterocycles. The van der Waals surface area contributed by atoms with Crippen molar-refractivity contribution in [2.45, 2.75) is 26.3 Å². The van der Waals surface area contributed by atoms with E-state index >= 15 is 0 Å². The van der Waals surface area contributed by atoms with Gasteiger partial charge >= 0.3 is 0 Å². The van der Waals surface area contributed by atoms with E-state index in [-0.39, 0.29) is 11.4 Å². The maximum atomic E-state index is 13.0. The molecule has 8 nitrogen and oxygen atoms in total. The standard InChI is InChI=1S/C26H24N4O4/c1-26(2,3)28-23(31)16-10-12-17(13-11-16)24(32)29-30-25(33)19-15-21(22-9-6-14-34-22)27-20-8-5-4-7-18(19)20/h4-15H,1-3H3,(H,28,31)(H,29,32)(H,30,33). The van der Waals surface area contributed by atoms with E-state index in [4.69, 9.17) is 4.42 Å². The second-order valence-corrected chi connectivity index (χ2v) is 8.74. The Labute approximate surface area is 196 Å². The number of furan rings is 1. The van der Waals surface area contributed by atoms with Crippen LogP contribution in [-0.4, -0.2) is 28.2 Å². The molecular weight excluding hydrogens is 432 g/mol. The molecule has 4 aromatic rings. The minimum Gasteiger partial charge on any atom is -0.463 e. The summed E-state index contributed by atoms with van der Waals surface area (Å²) in [5, 5.41) is 3.50. The van der Waals surface area contributed by atoms with Gasteiger partial charge in [0.15, 0.2) is 5.76 Å². The molecule has 34 heavy (non-hydrogen) atoms. The zero-order valence-corrected chi connectivity index (χ0v) is 19.0. The first-order chi connectivity index (χ1) is 16.2. The zero-order valence-electron chi connectivity index (χ0n) is 19.0. The molecule has 0 atom stereocenters. The van der Waals surface area contributed by atoms with Crippen molar-refractivity contribution in [2.75, 3.05) is 0 Å². The molecule has 0 saturated heterocycles. The van der Waals surface area contributed by atoms with Crippen LogP contribution in [0, 0.1) is 0 Å². The number of nitrogens with one attached hydrogen (secondary N) is 3. The fourth-order valence-electron chi connectivity index (χ4n) is 3.35. The predicted molar refractivity (Wildman–Crippen MR) is 128 cm³/mol. The summed E-state index contributed by atoms with van der Waals surface area (Å²) in [6.45, 7) is 5.66. The van der Waals surface area contributed by atoms with E-state index in [1.54, 1.807) is 42.5 Å². The van der Waals surface area contributed by atoms with E-state index in [9.17, 15) is 14.4 Å². The van der Waals surface area contributed by atoms with Crippen LogP contribution in [0.3, 0.4) is 0 Å². The van der Waals surface area contributed by atoms with Crippen LogP contribution < -0.4 is 16.2 Å². The molecule has 0 radical (unpaired) electrons. The van der Waals surface area contributed by atoms with Crippen LogP contribution in [0.1, 0.15) is 51.8 Å². The summed E-state index contributed by atoms with van der Waals surface area (Å²) in [7, 11) is 0. The van der Waals surface area contributed by atoms with Gasteiger partial charge in [-0.25, -0.2) is 4.98 Å². The third-order valence-corrected chi connectivity index (χ3v) is 4.92. The Morgan fingerprint density at radius 3 is 2.09 bits per heavy atom. The van der Waals surface area contributed by atoms with E-state index in [1.807, 2.05) is 32.9 Å². The number of nitrogens with zero attached hydrogens (tertiary/aromatic N) is 1. The number of pyridine rings is 1. The highest BCUT2D eigenvalue weighted by molar-refractivity contribution is 6.08. The lowest BCUT2D eigenvalue weighted by Gasteiger charge is -2.20. The summed E-state index contributed by atoms with van der Waals surface area (Å²) >= 11 is 0. The first-order valence-corrected chi connectivity index (χ1v) is 10.7. The maximum Gasteiger partial charge on any atom is 0.270 e. The van der Waals surface area contributed by atoms with Gasteiger partial charge < -0.3 is 9.73 Å². The second kappa shape index (κ2) is 9.19. The highest BCUT2D eigenvalue weighted by Crippen LogP contribution is 2.25. The van der Waals surface area contributed by atoms with E-state index in [0.29, 0.717) is 39.0 Å². The van der Waals surface area contributed by atoms with Gasteiger partial charge in [-0.2, -0.15) is 0 Å². The normalized spacial score (nSPS) is 11.1. The Hall–Kier alpha value is -4.46. The van der Waals surface area contributed by atoms with Crippen LogP contribution in [0.5, 0.6) is 0 Å². The fourth-order valence-corrected chi connectivity index (χ4v) is 3.35. The lowest BCUT2D eigenvalue weighted by atomic mass is 10.1. The number of carbonyl (C=O) groups is 3. The van der Waals surface area contributed by atoms with E-state index in [0.717, 1.165) is 0 Å². The molecule has 172 valence electrons. The van der Waals surface area contributed by atoms with Crippen LogP contribution in [0.4, 0.5) is 0 Å². The molecular formula is C26H24N4O4. The molecule has 0 fully saturated rings. The van der Waals surface area contributed by atoms with Crippen LogP contribution in [0.2, 0.25) is 0 Å². The van der Waals surface area contributed by atoms with E-state index < -0.39 is 11.8 Å². The van der Waals surface area contributed by atoms with Crippen molar-refractivity contribution in [3.8, 4) is 11.5 Å². The Morgan fingerprint density at radius 1 is 0.794 bits per heavy atom. The predicted octanol–water partition coefficient (Wildman–Crippen LogP) is 4.10. The molecule has 0 saturated carbocycles. The minimum absolute atomic E-state index is 0.232. The highest BCUT2D eigenvalue weighted by Gasteiger charge is 2.18. The minimum atomic E-state index is -0.513. The molecule has 3 amide bonds. The Kier molecular flexibility index (Phi) is 6.14. The number of para-hydroxylation sites is 1. The van der Waals surface area contributed by atoms with Crippen LogP contribution in [-0.2, 0) is 0 Å². The molecule has 0 unspecified atom stereocenters. The number of carbonyl (C=O) groups excluding carboxylic acids is 3. The van der Waals surface area contributed by atoms with Crippen molar-refractivity contribution >= 4 is 28.6 Å². The third-order valence-electron chi connectivity index (χ3n) is 4.92. The number of amides is 3. The summed E-state index contributed by atoms with van der Waals surface area (Å²) in [5.74, 6) is -0.717. The summed E-state index contributed by atoms with van der Waals surface area (Å²) in [5.41, 5.74) is 6.70. The Bertz CT molecular complexity index is 1350. The Morgan fingerprint density at radius 2 is 1.44 bits per heavy atom. The Balaban J connectivity index is 1.49. The van der Waals surface area contributed by atoms with Crippen molar-refractivity contribution < 1.29 is 18.8 Å². The van der Waals surface area contributed by atoms with Crippen molar-refractivity contribution in [3.05, 3.63) is 89.7 Å². The molecule has 0 bridgehead atoms. The molecule has 8 heteroatoms. The topological polar surface area (TPSA) is 113 Å². The zero-order chi connectivity index (χ0) is 24.3. The van der Waals surface area contributed by atoms with Gasteiger partial charge in [0, 0.05) is 22.1 Å². The average Bonchev–Trinajstić information content (AvgIpc) is 3.36. The highest BCUT2D eigenvalue weighted by atomic mass is 16.3. The van der Waals surface area contributed by atoms with Gasteiger partial charge in [-0.3, -0.25) is 25.2 Å². The monoisotopic (exact) mass is 456 g/mol. The number of fused-ring (bicyclic) bond motifs is 1. The molecule has 0 spiro atoms. The number of hydrogen-bond acceptors (Lipinski definition) is 5. The number of benzene rings is 2. The van der Waals surface area contributed by atoms with Crippen molar-refractivity contribution in [2.24, 2.45) is 0 Å². The molecule has 4 rings (SSSR count). The van der Waals surface area contributed by atoms with Crippen molar-refractivity contribution in [1.82, 2.24) is 21.2 Å². The van der Waals surface area contributed by atoms with Crippen LogP contribution in [0.25, 0.3) is 22.4 Å². The smallest absolute Gasteiger partial charge is 0.270 e. The number of hydrazine groups is 1. The lowest BCUT2D eigenvalue weighted by Crippen LogP contribution is -2.42. The van der Waals surface area contributed by atoms with Crippen LogP contribution >= 0.6 is 0 Å². The van der Waals surface area contributed by atoms with Gasteiger partial charge in [0.1, 0.15) is 5.69 Å². The average molecular weight is 457 g/mol. The van der Waals surface area contributed by atoms with E-state index in [2.05, 4.69) is 21.2 Å². The first kappa shape index (κ1) is 22.7. The molecule has 3 N–H and O–H groups in total. The van der Waals surface area contributed by atoms with Gasteiger partial charge in [-0.05, 0) is 69.3 Å². The summed E-state index contributed by atoms with van der Waals surface area (Å²) in [6.07, 6.45) is 1.53. The lowest BCUT2D eigenvalue weighted by molar-refractivity contribution is 0.0847. The summed E-state index contributed by atoms with van der Waals surface area (Å²) in [4.78, 5) is 42.3. The molecule has 2 aromatic carbocycles. The SMILES string of the molecule is CC(C)(C)NC(=O)c1ccc(C(=O)NNC(=O)c2cc(-c3ccco3)nc3ccccc23)cc1.